The smallest absolute Gasteiger partial charge is 0.168 e. The second kappa shape index (κ2) is 2.58. The van der Waals surface area contributed by atoms with Crippen molar-refractivity contribution in [2.45, 2.75) is 6.92 Å². The van der Waals surface area contributed by atoms with Crippen LogP contribution in [0.3, 0.4) is 0 Å². The normalized spacial score (nSPS) is 10.5. The van der Waals surface area contributed by atoms with Gasteiger partial charge < -0.3 is 5.73 Å². The summed E-state index contributed by atoms with van der Waals surface area (Å²) >= 11 is 0. The minimum Gasteiger partial charge on any atom is -0.396 e. The largest absolute Gasteiger partial charge is 0.396 e. The first-order valence-corrected chi connectivity index (χ1v) is 3.92. The fourth-order valence-electron chi connectivity index (χ4n) is 1.36. The first-order valence-electron chi connectivity index (χ1n) is 3.92. The van der Waals surface area contributed by atoms with Crippen LogP contribution in [-0.4, -0.2) is 15.7 Å². The van der Waals surface area contributed by atoms with E-state index in [4.69, 9.17) is 5.73 Å². The number of aldehydes is 1. The van der Waals surface area contributed by atoms with E-state index in [1.807, 2.05) is 0 Å². The molecule has 0 aromatic carbocycles. The molecule has 0 bridgehead atoms. The van der Waals surface area contributed by atoms with Gasteiger partial charge in [-0.3, -0.25) is 9.20 Å². The summed E-state index contributed by atoms with van der Waals surface area (Å²) in [4.78, 5) is 14.9. The molecule has 0 aliphatic rings. The fourth-order valence-corrected chi connectivity index (χ4v) is 1.36. The van der Waals surface area contributed by atoms with Crippen LogP contribution in [0.2, 0.25) is 0 Å². The Morgan fingerprint density at radius 2 is 2.38 bits per heavy atom. The van der Waals surface area contributed by atoms with Crippen LogP contribution in [0.1, 0.15) is 16.2 Å². The molecule has 0 amide bonds. The van der Waals surface area contributed by atoms with Gasteiger partial charge in [-0.25, -0.2) is 4.98 Å². The van der Waals surface area contributed by atoms with Gasteiger partial charge in [0.2, 0.25) is 0 Å². The Bertz CT molecular complexity index is 473. The zero-order valence-corrected chi connectivity index (χ0v) is 7.19. The maximum atomic E-state index is 10.7. The minimum atomic E-state index is 0.558. The Morgan fingerprint density at radius 3 is 3.08 bits per heavy atom. The standard InChI is InChI=1S/C9H9N3O/c1-6-8(5-13)12-4-2-3-7(10)9(12)11-6/h2-5H,10H2,1H3. The van der Waals surface area contributed by atoms with Gasteiger partial charge in [-0.2, -0.15) is 0 Å². The Balaban J connectivity index is 2.93. The summed E-state index contributed by atoms with van der Waals surface area (Å²) < 4.78 is 1.69. The first-order chi connectivity index (χ1) is 6.24. The number of aryl methyl sites for hydroxylation is 1. The summed E-state index contributed by atoms with van der Waals surface area (Å²) in [5.41, 5.74) is 8.18. The third-order valence-electron chi connectivity index (χ3n) is 2.01. The highest BCUT2D eigenvalue weighted by atomic mass is 16.1. The number of nitrogen functional groups attached to an aromatic ring is 1. The molecular weight excluding hydrogens is 166 g/mol. The Morgan fingerprint density at radius 1 is 1.62 bits per heavy atom. The maximum Gasteiger partial charge on any atom is 0.168 e. The van der Waals surface area contributed by atoms with E-state index in [1.165, 1.54) is 0 Å². The number of imidazole rings is 1. The molecular formula is C9H9N3O. The molecule has 0 saturated carbocycles. The van der Waals surface area contributed by atoms with E-state index in [9.17, 15) is 4.79 Å². The van der Waals surface area contributed by atoms with Crippen LogP contribution in [-0.2, 0) is 0 Å². The van der Waals surface area contributed by atoms with Crippen molar-refractivity contribution in [1.82, 2.24) is 9.38 Å². The van der Waals surface area contributed by atoms with Crippen molar-refractivity contribution >= 4 is 17.6 Å². The van der Waals surface area contributed by atoms with E-state index in [2.05, 4.69) is 4.98 Å². The molecule has 0 spiro atoms. The third-order valence-corrected chi connectivity index (χ3v) is 2.01. The minimum absolute atomic E-state index is 0.558. The predicted octanol–water partition coefficient (Wildman–Crippen LogP) is 1.04. The van der Waals surface area contributed by atoms with Crippen molar-refractivity contribution in [3.05, 3.63) is 29.7 Å². The molecule has 2 heterocycles. The SMILES string of the molecule is Cc1nc2c(N)cccn2c1C=O. The van der Waals surface area contributed by atoms with Gasteiger partial charge in [0.1, 0.15) is 5.69 Å². The number of hydrogen-bond donors (Lipinski definition) is 1. The van der Waals surface area contributed by atoms with Gasteiger partial charge in [-0.15, -0.1) is 0 Å². The van der Waals surface area contributed by atoms with Gasteiger partial charge in [0, 0.05) is 6.20 Å². The van der Waals surface area contributed by atoms with Crippen LogP contribution in [0, 0.1) is 6.92 Å². The summed E-state index contributed by atoms with van der Waals surface area (Å²) in [6.07, 6.45) is 2.56. The van der Waals surface area contributed by atoms with Crippen LogP contribution in [0.5, 0.6) is 0 Å². The molecule has 0 fully saturated rings. The Labute approximate surface area is 75.0 Å². The lowest BCUT2D eigenvalue weighted by atomic mass is 10.4. The van der Waals surface area contributed by atoms with Crippen molar-refractivity contribution in [2.75, 3.05) is 5.73 Å². The monoisotopic (exact) mass is 175 g/mol. The van der Waals surface area contributed by atoms with Gasteiger partial charge in [-0.1, -0.05) is 0 Å². The average molecular weight is 175 g/mol. The van der Waals surface area contributed by atoms with E-state index in [-0.39, 0.29) is 0 Å². The van der Waals surface area contributed by atoms with E-state index in [0.29, 0.717) is 22.7 Å². The number of fused-ring (bicyclic) bond motifs is 1. The fraction of sp³-hybridized carbons (Fsp3) is 0.111. The van der Waals surface area contributed by atoms with E-state index >= 15 is 0 Å². The first kappa shape index (κ1) is 7.79. The van der Waals surface area contributed by atoms with Crippen LogP contribution in [0.15, 0.2) is 18.3 Å². The number of nitrogens with two attached hydrogens (primary N) is 1. The lowest BCUT2D eigenvalue weighted by Gasteiger charge is -1.96. The van der Waals surface area contributed by atoms with Gasteiger partial charge in [-0.05, 0) is 19.1 Å². The van der Waals surface area contributed by atoms with Gasteiger partial charge >= 0.3 is 0 Å². The van der Waals surface area contributed by atoms with Crippen LogP contribution >= 0.6 is 0 Å². The Kier molecular flexibility index (Phi) is 1.55. The van der Waals surface area contributed by atoms with Crippen LogP contribution in [0.4, 0.5) is 5.69 Å². The zero-order chi connectivity index (χ0) is 9.42. The summed E-state index contributed by atoms with van der Waals surface area (Å²) in [7, 11) is 0. The van der Waals surface area contributed by atoms with Crippen molar-refractivity contribution in [2.24, 2.45) is 0 Å². The summed E-state index contributed by atoms with van der Waals surface area (Å²) in [5, 5.41) is 0. The molecule has 66 valence electrons. The molecule has 2 aromatic heterocycles. The molecule has 0 radical (unpaired) electrons. The highest BCUT2D eigenvalue weighted by Crippen LogP contribution is 2.15. The molecule has 13 heavy (non-hydrogen) atoms. The average Bonchev–Trinajstić information content (AvgIpc) is 2.43. The van der Waals surface area contributed by atoms with Crippen LogP contribution < -0.4 is 5.73 Å². The lowest BCUT2D eigenvalue weighted by molar-refractivity contribution is 0.111. The molecule has 2 rings (SSSR count). The number of aromatic nitrogens is 2. The third kappa shape index (κ3) is 0.989. The van der Waals surface area contributed by atoms with Gasteiger partial charge in [0.05, 0.1) is 11.4 Å². The number of anilines is 1. The Hall–Kier alpha value is -1.84. The highest BCUT2D eigenvalue weighted by molar-refractivity contribution is 5.79. The molecule has 2 aromatic rings. The number of nitrogens with zero attached hydrogens (tertiary/aromatic N) is 2. The van der Waals surface area contributed by atoms with Crippen molar-refractivity contribution in [3.63, 3.8) is 0 Å². The van der Waals surface area contributed by atoms with E-state index in [1.54, 1.807) is 29.7 Å². The number of carbonyl (C=O) groups excluding carboxylic acids is 1. The molecule has 4 heteroatoms. The van der Waals surface area contributed by atoms with E-state index in [0.717, 1.165) is 6.29 Å². The van der Waals surface area contributed by atoms with Crippen molar-refractivity contribution in [3.8, 4) is 0 Å². The van der Waals surface area contributed by atoms with Crippen molar-refractivity contribution in [1.29, 1.82) is 0 Å². The molecule has 0 saturated heterocycles. The number of rotatable bonds is 1. The predicted molar refractivity (Wildman–Crippen MR) is 49.7 cm³/mol. The second-order valence-corrected chi connectivity index (χ2v) is 2.86. The second-order valence-electron chi connectivity index (χ2n) is 2.86. The molecule has 4 nitrogen and oxygen atoms in total. The number of hydrogen-bond acceptors (Lipinski definition) is 3. The lowest BCUT2D eigenvalue weighted by Crippen LogP contribution is -1.94. The van der Waals surface area contributed by atoms with Crippen molar-refractivity contribution < 1.29 is 4.79 Å². The van der Waals surface area contributed by atoms with Gasteiger partial charge in [0.15, 0.2) is 11.9 Å². The number of carbonyl (C=O) groups is 1. The van der Waals surface area contributed by atoms with Crippen LogP contribution in [0.25, 0.3) is 5.65 Å². The zero-order valence-electron chi connectivity index (χ0n) is 7.19. The maximum absolute atomic E-state index is 10.7. The van der Waals surface area contributed by atoms with Gasteiger partial charge in [0.25, 0.3) is 0 Å². The molecule has 2 N–H and O–H groups in total. The summed E-state index contributed by atoms with van der Waals surface area (Å²) in [6.45, 7) is 1.79. The summed E-state index contributed by atoms with van der Waals surface area (Å²) in [5.74, 6) is 0. The number of pyridine rings is 1. The van der Waals surface area contributed by atoms with E-state index < -0.39 is 0 Å². The summed E-state index contributed by atoms with van der Waals surface area (Å²) in [6, 6.07) is 3.55. The molecule has 0 unspecified atom stereocenters. The highest BCUT2D eigenvalue weighted by Gasteiger charge is 2.08. The molecule has 0 aliphatic heterocycles. The molecule has 0 aliphatic carbocycles. The topological polar surface area (TPSA) is 60.4 Å². The molecule has 0 atom stereocenters. The quantitative estimate of drug-likeness (QED) is 0.658.